The number of urea groups is 2. The van der Waals surface area contributed by atoms with E-state index in [2.05, 4.69) is 10.3 Å². The van der Waals surface area contributed by atoms with E-state index >= 15 is 0 Å². The number of amides is 4. The van der Waals surface area contributed by atoms with Gasteiger partial charge in [-0.05, 0) is 138 Å². The molecule has 2 aliphatic rings. The second-order valence-corrected chi connectivity index (χ2v) is 17.7. The molecule has 0 unspecified atom stereocenters. The molecule has 0 spiro atoms. The smallest absolute Gasteiger partial charge is 0.416 e. The molecule has 0 saturated heterocycles. The minimum Gasteiger partial charge on any atom is -0.463 e. The lowest BCUT2D eigenvalue weighted by atomic mass is 9.92. The number of esters is 2. The van der Waals surface area contributed by atoms with Gasteiger partial charge in [0.25, 0.3) is 0 Å². The number of unbranched alkanes of at least 4 members (excludes halogenated alkanes) is 4. The maximum absolute atomic E-state index is 14.5. The molecule has 0 aromatic heterocycles. The molecule has 4 aromatic rings. The maximum atomic E-state index is 14.5. The normalized spacial score (nSPS) is 16.4. The minimum absolute atomic E-state index is 0.00923. The van der Waals surface area contributed by atoms with Crippen LogP contribution in [0.25, 0.3) is 0 Å². The maximum Gasteiger partial charge on any atom is 0.416 e. The predicted molar refractivity (Wildman–Crippen MR) is 271 cm³/mol. The molecule has 76 heavy (non-hydrogen) atoms. The van der Waals surface area contributed by atoms with Gasteiger partial charge < -0.3 is 30.3 Å². The summed E-state index contributed by atoms with van der Waals surface area (Å²) in [5, 5.41) is 22.0. The van der Waals surface area contributed by atoms with Crippen LogP contribution in [-0.2, 0) is 31.4 Å². The van der Waals surface area contributed by atoms with Crippen LogP contribution in [0.1, 0.15) is 112 Å². The number of halogens is 6. The van der Waals surface area contributed by atoms with E-state index in [1.807, 2.05) is 12.1 Å². The molecule has 3 N–H and O–H groups in total. The predicted octanol–water partition coefficient (Wildman–Crippen LogP) is 11.1. The molecular formula is C55H57F6N9O6. The number of ether oxygens (including phenoxy) is 2. The number of hydrogen-bond donors (Lipinski definition) is 2. The highest BCUT2D eigenvalue weighted by Gasteiger charge is 2.45. The Kier molecular flexibility index (Phi) is 18.9. The highest BCUT2D eigenvalue weighted by molar-refractivity contribution is 6.04. The fourth-order valence-corrected chi connectivity index (χ4v) is 9.15. The second kappa shape index (κ2) is 25.3. The van der Waals surface area contributed by atoms with E-state index in [0.717, 1.165) is 34.1 Å². The Morgan fingerprint density at radius 3 is 1.42 bits per heavy atom. The molecular weight excluding hydrogens is 997 g/mol. The van der Waals surface area contributed by atoms with E-state index in [1.165, 1.54) is 47.9 Å². The Labute approximate surface area is 436 Å². The van der Waals surface area contributed by atoms with E-state index in [1.54, 1.807) is 62.4 Å². The fraction of sp³-hybridized carbons (Fsp3) is 0.364. The van der Waals surface area contributed by atoms with Crippen LogP contribution in [0, 0.1) is 22.7 Å². The number of rotatable bonds is 20. The third-order valence-electron chi connectivity index (χ3n) is 12.8. The molecule has 2 aliphatic heterocycles. The zero-order valence-electron chi connectivity index (χ0n) is 42.3. The van der Waals surface area contributed by atoms with Crippen molar-refractivity contribution < 1.29 is 55.0 Å². The first kappa shape index (κ1) is 57.0. The Hall–Kier alpha value is -8.33. The topological polar surface area (TPSA) is 198 Å². The third-order valence-corrected chi connectivity index (χ3v) is 12.8. The summed E-state index contributed by atoms with van der Waals surface area (Å²) < 4.78 is 94.1. The Morgan fingerprint density at radius 1 is 0.632 bits per heavy atom. The van der Waals surface area contributed by atoms with Crippen LogP contribution in [0.3, 0.4) is 0 Å². The number of guanidine groups is 1. The van der Waals surface area contributed by atoms with Crippen LogP contribution in [-0.4, -0.2) is 79.2 Å². The molecule has 0 fully saturated rings. The van der Waals surface area contributed by atoms with Gasteiger partial charge in [-0.3, -0.25) is 14.8 Å². The van der Waals surface area contributed by atoms with Gasteiger partial charge in [0.15, 0.2) is 5.96 Å². The monoisotopic (exact) mass is 1050 g/mol. The highest BCUT2D eigenvalue weighted by atomic mass is 19.4. The van der Waals surface area contributed by atoms with Crippen molar-refractivity contribution in [2.75, 3.05) is 49.2 Å². The number of hydrogen-bond acceptors (Lipinski definition) is 9. The van der Waals surface area contributed by atoms with Crippen molar-refractivity contribution in [2.24, 2.45) is 10.7 Å². The lowest BCUT2D eigenvalue weighted by Gasteiger charge is -2.43. The molecule has 6 rings (SSSR count). The Bertz CT molecular complexity index is 2940. The van der Waals surface area contributed by atoms with Crippen molar-refractivity contribution in [1.29, 1.82) is 10.5 Å². The number of anilines is 2. The zero-order valence-corrected chi connectivity index (χ0v) is 42.3. The van der Waals surface area contributed by atoms with Crippen molar-refractivity contribution in [3.05, 3.63) is 153 Å². The van der Waals surface area contributed by atoms with Gasteiger partial charge >= 0.3 is 36.4 Å². The van der Waals surface area contributed by atoms with Gasteiger partial charge in [-0.1, -0.05) is 36.4 Å². The summed E-state index contributed by atoms with van der Waals surface area (Å²) >= 11 is 0. The van der Waals surface area contributed by atoms with E-state index in [-0.39, 0.29) is 66.2 Å². The van der Waals surface area contributed by atoms with E-state index in [4.69, 9.17) is 15.2 Å². The van der Waals surface area contributed by atoms with Gasteiger partial charge in [-0.25, -0.2) is 19.2 Å². The molecule has 15 nitrogen and oxygen atoms in total. The van der Waals surface area contributed by atoms with Crippen LogP contribution < -0.4 is 20.9 Å². The summed E-state index contributed by atoms with van der Waals surface area (Å²) in [6, 6.07) is 22.0. The number of alkyl halides is 6. The Morgan fingerprint density at radius 2 is 1.04 bits per heavy atom. The molecule has 0 radical (unpaired) electrons. The summed E-state index contributed by atoms with van der Waals surface area (Å²) in [5.41, 5.74) is 6.02. The minimum atomic E-state index is -4.70. The van der Waals surface area contributed by atoms with Crippen LogP contribution in [0.2, 0.25) is 0 Å². The largest absolute Gasteiger partial charge is 0.463 e. The zero-order chi connectivity index (χ0) is 55.3. The first-order chi connectivity index (χ1) is 36.2. The number of nitrogens with two attached hydrogens (primary N) is 1. The average Bonchev–Trinajstić information content (AvgIpc) is 3.43. The number of nitriles is 2. The van der Waals surface area contributed by atoms with Crippen LogP contribution in [0.5, 0.6) is 0 Å². The number of nitrogens with one attached hydrogen (secondary N) is 1. The number of allylic oxidation sites excluding steroid dienone is 2. The van der Waals surface area contributed by atoms with Crippen molar-refractivity contribution >= 4 is 41.3 Å². The molecule has 2 atom stereocenters. The summed E-state index contributed by atoms with van der Waals surface area (Å²) in [6.45, 7) is 7.00. The number of carbonyl (C=O) groups is 4. The van der Waals surface area contributed by atoms with Crippen LogP contribution in [0.15, 0.2) is 125 Å². The molecule has 0 bridgehead atoms. The SMILES string of the molecule is CCOC(=O)C1=C(C)N(c2cccc(C(F)(F)F)c2)C(=O)N(CCCCCN=C(N)NCCCCCN2C(=O)N(c3cccc(C(F)(F)F)c3)C(C)=C(C(=O)OCC)[C@H]2c2ccc(C#N)cc2)[C@@H]1c1ccc(C#N)cc1. The van der Waals surface area contributed by atoms with E-state index < -0.39 is 59.6 Å². The van der Waals surface area contributed by atoms with Crippen molar-refractivity contribution in [2.45, 2.75) is 90.7 Å². The average molecular weight is 1050 g/mol. The molecule has 21 heteroatoms. The number of aliphatic imine (C=N–C) groups is 1. The summed E-state index contributed by atoms with van der Waals surface area (Å²) in [6.07, 6.45) is -6.46. The van der Waals surface area contributed by atoms with E-state index in [0.29, 0.717) is 73.9 Å². The quantitative estimate of drug-likeness (QED) is 0.0282. The summed E-state index contributed by atoms with van der Waals surface area (Å²) in [4.78, 5) is 65.8. The molecule has 400 valence electrons. The third kappa shape index (κ3) is 13.3. The van der Waals surface area contributed by atoms with Crippen molar-refractivity contribution in [3.63, 3.8) is 0 Å². The molecule has 2 heterocycles. The molecule has 4 amide bonds. The fourth-order valence-electron chi connectivity index (χ4n) is 9.15. The summed E-state index contributed by atoms with van der Waals surface area (Å²) in [7, 11) is 0. The molecule has 4 aromatic carbocycles. The standard InChI is InChI=1S/C55H57F6N9O6/c1-5-75-49(71)45-35(3)69(43-17-13-15-41(31-43)54(56,57)58)52(73)67(47(45)39-23-19-37(33-62)20-24-39)29-11-7-9-27-65-51(64)66-28-10-8-12-30-68-48(40-25-21-38(34-63)22-26-40)46(50(72)76-6-2)36(4)70(53(68)74)44-18-14-16-42(32-44)55(59,60)61/h13-26,31-32,47-48H,5-12,27-30H2,1-4H3,(H3,64,65,66)/t47-,48-/m1/s1. The first-order valence-electron chi connectivity index (χ1n) is 24.6. The molecule has 0 aliphatic carbocycles. The lowest BCUT2D eigenvalue weighted by Crippen LogP contribution is -2.51. The van der Waals surface area contributed by atoms with Crippen molar-refractivity contribution in [1.82, 2.24) is 15.1 Å². The Balaban J connectivity index is 1.10. The van der Waals surface area contributed by atoms with Gasteiger partial charge in [0.1, 0.15) is 0 Å². The summed E-state index contributed by atoms with van der Waals surface area (Å²) in [5.74, 6) is -1.35. The second-order valence-electron chi connectivity index (χ2n) is 17.7. The van der Waals surface area contributed by atoms with Crippen molar-refractivity contribution in [3.8, 4) is 12.1 Å². The van der Waals surface area contributed by atoms with Gasteiger partial charge in [0.05, 0.1) is 82.2 Å². The van der Waals surface area contributed by atoms with Crippen LogP contribution >= 0.6 is 0 Å². The van der Waals surface area contributed by atoms with E-state index in [9.17, 15) is 56.0 Å². The lowest BCUT2D eigenvalue weighted by molar-refractivity contribution is -0.140. The van der Waals surface area contributed by atoms with Gasteiger partial charge in [-0.15, -0.1) is 0 Å². The number of carbonyl (C=O) groups excluding carboxylic acids is 4. The van der Waals surface area contributed by atoms with Crippen LogP contribution in [0.4, 0.5) is 47.3 Å². The highest BCUT2D eigenvalue weighted by Crippen LogP contribution is 2.44. The number of nitrogens with zero attached hydrogens (tertiary/aromatic N) is 7. The number of benzene rings is 4. The molecule has 0 saturated carbocycles. The van der Waals surface area contributed by atoms with Gasteiger partial charge in [0, 0.05) is 37.6 Å². The van der Waals surface area contributed by atoms with Gasteiger partial charge in [-0.2, -0.15) is 36.9 Å². The van der Waals surface area contributed by atoms with Gasteiger partial charge in [0.2, 0.25) is 0 Å². The first-order valence-corrected chi connectivity index (χ1v) is 24.6.